The number of nitrogens with zero attached hydrogens (tertiary/aromatic N) is 1. The number of hydrogen-bond acceptors (Lipinski definition) is 2. The predicted octanol–water partition coefficient (Wildman–Crippen LogP) is 3.64. The molecule has 0 radical (unpaired) electrons. The monoisotopic (exact) mass is 299 g/mol. The van der Waals surface area contributed by atoms with E-state index < -0.39 is 0 Å². The van der Waals surface area contributed by atoms with Crippen LogP contribution in [0.3, 0.4) is 0 Å². The Balaban J connectivity index is 1.83. The van der Waals surface area contributed by atoms with Gasteiger partial charge in [0.15, 0.2) is 0 Å². The van der Waals surface area contributed by atoms with Crippen LogP contribution in [0.2, 0.25) is 0 Å². The third kappa shape index (κ3) is 2.92. The van der Waals surface area contributed by atoms with Crippen molar-refractivity contribution >= 4 is 10.9 Å². The largest absolute Gasteiger partial charge is 0.361 e. The predicted molar refractivity (Wildman–Crippen MR) is 94.3 cm³/mol. The summed E-state index contributed by atoms with van der Waals surface area (Å²) in [6, 6.07) is 7.31. The normalized spacial score (nSPS) is 19.1. The first-order valence-electron chi connectivity index (χ1n) is 8.62. The van der Waals surface area contributed by atoms with Crippen molar-refractivity contribution in [3.05, 3.63) is 35.5 Å². The van der Waals surface area contributed by atoms with Crippen molar-refractivity contribution in [3.8, 4) is 0 Å². The lowest BCUT2D eigenvalue weighted by Crippen LogP contribution is -2.40. The average molecular weight is 299 g/mol. The third-order valence-electron chi connectivity index (χ3n) is 5.40. The molecule has 1 aromatic heterocycles. The number of aromatic nitrogens is 1. The number of nitrogens with two attached hydrogens (primary N) is 1. The van der Waals surface area contributed by atoms with Crippen molar-refractivity contribution in [2.45, 2.75) is 45.6 Å². The van der Waals surface area contributed by atoms with E-state index in [1.54, 1.807) is 0 Å². The summed E-state index contributed by atoms with van der Waals surface area (Å²) in [5.74, 6) is 1.18. The van der Waals surface area contributed by atoms with Crippen LogP contribution in [0.15, 0.2) is 24.4 Å². The van der Waals surface area contributed by atoms with Crippen LogP contribution in [0, 0.1) is 12.8 Å². The maximum atomic E-state index is 6.19. The van der Waals surface area contributed by atoms with Gasteiger partial charge in [-0.25, -0.2) is 0 Å². The highest BCUT2D eigenvalue weighted by atomic mass is 15.1. The minimum atomic E-state index is 0.477. The van der Waals surface area contributed by atoms with Crippen LogP contribution < -0.4 is 5.73 Å². The molecule has 0 saturated carbocycles. The Morgan fingerprint density at radius 1 is 1.27 bits per heavy atom. The molecule has 22 heavy (non-hydrogen) atoms. The molecular weight excluding hydrogens is 270 g/mol. The van der Waals surface area contributed by atoms with Gasteiger partial charge in [0.1, 0.15) is 0 Å². The van der Waals surface area contributed by atoms with Crippen LogP contribution >= 0.6 is 0 Å². The Morgan fingerprint density at radius 3 is 2.64 bits per heavy atom. The van der Waals surface area contributed by atoms with Gasteiger partial charge in [-0.15, -0.1) is 0 Å². The number of rotatable bonds is 4. The number of aromatic amines is 1. The molecule has 1 unspecified atom stereocenters. The first kappa shape index (κ1) is 15.6. The first-order valence-corrected chi connectivity index (χ1v) is 8.62. The van der Waals surface area contributed by atoms with E-state index in [1.807, 2.05) is 0 Å². The van der Waals surface area contributed by atoms with Crippen molar-refractivity contribution in [1.82, 2.24) is 9.88 Å². The van der Waals surface area contributed by atoms with Gasteiger partial charge < -0.3 is 15.6 Å². The van der Waals surface area contributed by atoms with Gasteiger partial charge in [0.05, 0.1) is 0 Å². The van der Waals surface area contributed by atoms with Crippen molar-refractivity contribution in [2.24, 2.45) is 11.7 Å². The Hall–Kier alpha value is -1.32. The lowest BCUT2D eigenvalue weighted by molar-refractivity contribution is 0.138. The van der Waals surface area contributed by atoms with E-state index in [0.717, 1.165) is 6.54 Å². The number of aryl methyl sites for hydroxylation is 1. The molecule has 3 N–H and O–H groups in total. The minimum Gasteiger partial charge on any atom is -0.361 e. The van der Waals surface area contributed by atoms with E-state index in [2.05, 4.69) is 55.1 Å². The van der Waals surface area contributed by atoms with Crippen molar-refractivity contribution in [1.29, 1.82) is 0 Å². The van der Waals surface area contributed by atoms with Crippen LogP contribution in [-0.2, 0) is 0 Å². The molecule has 2 aromatic rings. The molecule has 1 aliphatic rings. The Morgan fingerprint density at radius 2 is 2.00 bits per heavy atom. The molecule has 3 nitrogen and oxygen atoms in total. The summed E-state index contributed by atoms with van der Waals surface area (Å²) < 4.78 is 0. The van der Waals surface area contributed by atoms with E-state index in [9.17, 15) is 0 Å². The molecule has 0 amide bonds. The molecule has 1 aliphatic heterocycles. The van der Waals surface area contributed by atoms with Crippen molar-refractivity contribution < 1.29 is 0 Å². The fourth-order valence-corrected chi connectivity index (χ4v) is 3.97. The second-order valence-electron chi connectivity index (χ2n) is 7.10. The topological polar surface area (TPSA) is 45.1 Å². The van der Waals surface area contributed by atoms with Gasteiger partial charge in [0.25, 0.3) is 0 Å². The molecule has 0 bridgehead atoms. The lowest BCUT2D eigenvalue weighted by Gasteiger charge is -2.37. The maximum absolute atomic E-state index is 6.19. The number of H-pyrrole nitrogens is 1. The molecule has 0 spiro atoms. The van der Waals surface area contributed by atoms with Gasteiger partial charge in [0.2, 0.25) is 0 Å². The molecule has 1 fully saturated rings. The van der Waals surface area contributed by atoms with Crippen LogP contribution in [-0.4, -0.2) is 35.6 Å². The van der Waals surface area contributed by atoms with Crippen LogP contribution in [0.5, 0.6) is 0 Å². The second kappa shape index (κ2) is 6.43. The zero-order valence-electron chi connectivity index (χ0n) is 14.1. The molecule has 1 saturated heterocycles. The highest BCUT2D eigenvalue weighted by Crippen LogP contribution is 2.36. The van der Waals surface area contributed by atoms with Gasteiger partial charge >= 0.3 is 0 Å². The van der Waals surface area contributed by atoms with E-state index in [0.29, 0.717) is 17.9 Å². The Bertz CT molecular complexity index is 621. The lowest BCUT2D eigenvalue weighted by atomic mass is 9.79. The fourth-order valence-electron chi connectivity index (χ4n) is 3.97. The molecule has 3 heteroatoms. The van der Waals surface area contributed by atoms with Gasteiger partial charge in [-0.05, 0) is 76.9 Å². The maximum Gasteiger partial charge on any atom is 0.0457 e. The molecule has 120 valence electrons. The third-order valence-corrected chi connectivity index (χ3v) is 5.40. The second-order valence-corrected chi connectivity index (χ2v) is 7.10. The van der Waals surface area contributed by atoms with Crippen LogP contribution in [0.25, 0.3) is 10.9 Å². The molecule has 1 aromatic carbocycles. The summed E-state index contributed by atoms with van der Waals surface area (Å²) in [5.41, 5.74) is 10.2. The summed E-state index contributed by atoms with van der Waals surface area (Å²) in [6.45, 7) is 9.91. The van der Waals surface area contributed by atoms with E-state index >= 15 is 0 Å². The molecule has 3 rings (SSSR count). The fraction of sp³-hybridized carbons (Fsp3) is 0.579. The molecule has 2 heterocycles. The van der Waals surface area contributed by atoms with Crippen molar-refractivity contribution in [3.63, 3.8) is 0 Å². The highest BCUT2D eigenvalue weighted by molar-refractivity contribution is 5.84. The number of hydrogen-bond donors (Lipinski definition) is 2. The average Bonchev–Trinajstić information content (AvgIpc) is 2.92. The summed E-state index contributed by atoms with van der Waals surface area (Å²) in [5, 5.41) is 1.36. The van der Waals surface area contributed by atoms with E-state index in [1.165, 1.54) is 48.0 Å². The summed E-state index contributed by atoms with van der Waals surface area (Å²) in [6.07, 6.45) is 4.72. The minimum absolute atomic E-state index is 0.477. The number of benzene rings is 1. The smallest absolute Gasteiger partial charge is 0.0457 e. The summed E-state index contributed by atoms with van der Waals surface area (Å²) in [4.78, 5) is 6.02. The quantitative estimate of drug-likeness (QED) is 0.905. The zero-order chi connectivity index (χ0) is 15.7. The molecule has 1 atom stereocenters. The summed E-state index contributed by atoms with van der Waals surface area (Å²) in [7, 11) is 0. The van der Waals surface area contributed by atoms with Gasteiger partial charge in [-0.1, -0.05) is 11.6 Å². The van der Waals surface area contributed by atoms with Crippen LogP contribution in [0.1, 0.15) is 43.7 Å². The van der Waals surface area contributed by atoms with Crippen LogP contribution in [0.4, 0.5) is 0 Å². The molecule has 0 aliphatic carbocycles. The number of piperidine rings is 1. The van der Waals surface area contributed by atoms with Gasteiger partial charge in [0, 0.05) is 29.1 Å². The van der Waals surface area contributed by atoms with Gasteiger partial charge in [-0.2, -0.15) is 0 Å². The Kier molecular flexibility index (Phi) is 4.55. The first-order chi connectivity index (χ1) is 10.6. The molecular formula is C19H29N3. The van der Waals surface area contributed by atoms with E-state index in [4.69, 9.17) is 5.73 Å². The van der Waals surface area contributed by atoms with Crippen molar-refractivity contribution in [2.75, 3.05) is 19.6 Å². The Labute approximate surface area is 133 Å². The highest BCUT2D eigenvalue weighted by Gasteiger charge is 2.29. The van der Waals surface area contributed by atoms with E-state index in [-0.39, 0.29) is 0 Å². The number of likely N-dealkylation sites (tertiary alicyclic amines) is 1. The van der Waals surface area contributed by atoms with Gasteiger partial charge in [-0.3, -0.25) is 0 Å². The SMILES string of the molecule is Cc1ccc2[nH]cc(C(CN)C3CCN(C(C)C)CC3)c2c1. The standard InChI is InChI=1S/C19H29N3/c1-13(2)22-8-6-15(7-9-22)17(11-20)18-12-21-19-5-4-14(3)10-16(18)19/h4-5,10,12-13,15,17,21H,6-9,11,20H2,1-3H3. The number of nitrogens with one attached hydrogen (secondary N) is 1. The number of fused-ring (bicyclic) bond motifs is 1. The summed E-state index contributed by atoms with van der Waals surface area (Å²) >= 11 is 0. The zero-order valence-corrected chi connectivity index (χ0v) is 14.1.